The lowest BCUT2D eigenvalue weighted by molar-refractivity contribution is -0.132. The zero-order valence-electron chi connectivity index (χ0n) is 9.96. The Morgan fingerprint density at radius 2 is 1.87 bits per heavy atom. The number of unbranched alkanes of at least 4 members (excludes halogenated alkanes) is 2. The lowest BCUT2D eigenvalue weighted by Gasteiger charge is -2.15. The van der Waals surface area contributed by atoms with Gasteiger partial charge in [0.1, 0.15) is 0 Å². The van der Waals surface area contributed by atoms with Crippen molar-refractivity contribution in [3.63, 3.8) is 0 Å². The van der Waals surface area contributed by atoms with Crippen LogP contribution in [0, 0.1) is 0 Å². The van der Waals surface area contributed by atoms with Gasteiger partial charge in [-0.05, 0) is 45.8 Å². The zero-order valence-corrected chi connectivity index (χ0v) is 9.96. The molecule has 0 atom stereocenters. The third-order valence-corrected chi connectivity index (χ3v) is 2.46. The normalized spacial score (nSPS) is 10.6. The topological polar surface area (TPSA) is 40.5 Å². The molecule has 0 spiro atoms. The van der Waals surface area contributed by atoms with Crippen LogP contribution in [0.15, 0.2) is 12.2 Å². The Balaban J connectivity index is 3.37. The molecule has 0 saturated heterocycles. The molecule has 1 N–H and O–H groups in total. The average molecular weight is 213 g/mol. The third kappa shape index (κ3) is 8.18. The van der Waals surface area contributed by atoms with Gasteiger partial charge >= 0.3 is 5.97 Å². The number of hydrogen-bond acceptors (Lipinski definition) is 2. The summed E-state index contributed by atoms with van der Waals surface area (Å²) in [5.41, 5.74) is 0.325. The van der Waals surface area contributed by atoms with Gasteiger partial charge in [0, 0.05) is 5.57 Å². The van der Waals surface area contributed by atoms with E-state index in [4.69, 9.17) is 5.11 Å². The van der Waals surface area contributed by atoms with E-state index >= 15 is 0 Å². The minimum absolute atomic E-state index is 0.325. The van der Waals surface area contributed by atoms with Crippen LogP contribution in [0.25, 0.3) is 0 Å². The maximum atomic E-state index is 10.5. The molecule has 0 heterocycles. The summed E-state index contributed by atoms with van der Waals surface area (Å²) >= 11 is 0. The molecule has 0 rings (SSSR count). The Kier molecular flexibility index (Phi) is 8.01. The highest BCUT2D eigenvalue weighted by atomic mass is 16.4. The first-order valence-corrected chi connectivity index (χ1v) is 5.67. The van der Waals surface area contributed by atoms with Gasteiger partial charge in [0.25, 0.3) is 0 Å². The predicted molar refractivity (Wildman–Crippen MR) is 63.0 cm³/mol. The Bertz CT molecular complexity index is 202. The Hall–Kier alpha value is -0.830. The van der Waals surface area contributed by atoms with E-state index in [1.165, 1.54) is 12.8 Å². The summed E-state index contributed by atoms with van der Waals surface area (Å²) in [5.74, 6) is -0.866. The second-order valence-corrected chi connectivity index (χ2v) is 4.02. The van der Waals surface area contributed by atoms with Crippen LogP contribution in [0.3, 0.4) is 0 Å². The number of carbonyl (C=O) groups is 1. The number of nitrogens with zero attached hydrogens (tertiary/aromatic N) is 1. The first kappa shape index (κ1) is 14.2. The van der Waals surface area contributed by atoms with Gasteiger partial charge in [-0.15, -0.1) is 0 Å². The van der Waals surface area contributed by atoms with Gasteiger partial charge in [-0.1, -0.05) is 19.9 Å². The maximum absolute atomic E-state index is 10.5. The van der Waals surface area contributed by atoms with Gasteiger partial charge in [0.2, 0.25) is 0 Å². The highest BCUT2D eigenvalue weighted by Crippen LogP contribution is 2.06. The standard InChI is InChI=1S/C12H23NO2/c1-4-5-9-13(3)10-7-6-8-11(2)12(14)15/h2,4-10H2,1,3H3,(H,14,15). The molecule has 0 unspecified atom stereocenters. The van der Waals surface area contributed by atoms with Crippen molar-refractivity contribution in [2.24, 2.45) is 0 Å². The quantitative estimate of drug-likeness (QED) is 0.472. The van der Waals surface area contributed by atoms with Gasteiger partial charge in [0.15, 0.2) is 0 Å². The Morgan fingerprint density at radius 1 is 1.27 bits per heavy atom. The summed E-state index contributed by atoms with van der Waals surface area (Å²) in [6, 6.07) is 0. The molecule has 15 heavy (non-hydrogen) atoms. The minimum atomic E-state index is -0.866. The fourth-order valence-electron chi connectivity index (χ4n) is 1.37. The zero-order chi connectivity index (χ0) is 11.7. The van der Waals surface area contributed by atoms with E-state index < -0.39 is 5.97 Å². The summed E-state index contributed by atoms with van der Waals surface area (Å²) in [6.07, 6.45) is 5.03. The monoisotopic (exact) mass is 213 g/mol. The molecule has 3 heteroatoms. The van der Waals surface area contributed by atoms with Gasteiger partial charge in [0.05, 0.1) is 0 Å². The van der Waals surface area contributed by atoms with Crippen LogP contribution in [0.5, 0.6) is 0 Å². The number of rotatable bonds is 9. The van der Waals surface area contributed by atoms with Crippen molar-refractivity contribution in [2.75, 3.05) is 20.1 Å². The van der Waals surface area contributed by atoms with Crippen LogP contribution >= 0.6 is 0 Å². The summed E-state index contributed by atoms with van der Waals surface area (Å²) in [5, 5.41) is 8.60. The van der Waals surface area contributed by atoms with Crippen molar-refractivity contribution in [2.45, 2.75) is 39.0 Å². The van der Waals surface area contributed by atoms with Gasteiger partial charge in [-0.25, -0.2) is 4.79 Å². The SMILES string of the molecule is C=C(CCCCN(C)CCCC)C(=O)O. The molecule has 0 aliphatic rings. The molecule has 88 valence electrons. The van der Waals surface area contributed by atoms with E-state index in [1.807, 2.05) is 0 Å². The van der Waals surface area contributed by atoms with Crippen LogP contribution in [0.4, 0.5) is 0 Å². The molecular weight excluding hydrogens is 190 g/mol. The van der Waals surface area contributed by atoms with Crippen LogP contribution in [-0.4, -0.2) is 36.1 Å². The molecule has 0 radical (unpaired) electrons. The molecule has 0 aromatic rings. The first-order valence-electron chi connectivity index (χ1n) is 5.67. The van der Waals surface area contributed by atoms with Crippen LogP contribution in [-0.2, 0) is 4.79 Å². The van der Waals surface area contributed by atoms with Crippen molar-refractivity contribution in [3.8, 4) is 0 Å². The number of hydrogen-bond donors (Lipinski definition) is 1. The lowest BCUT2D eigenvalue weighted by atomic mass is 10.1. The van der Waals surface area contributed by atoms with Crippen molar-refractivity contribution in [1.29, 1.82) is 0 Å². The molecule has 0 saturated carbocycles. The van der Waals surface area contributed by atoms with E-state index in [-0.39, 0.29) is 0 Å². The third-order valence-electron chi connectivity index (χ3n) is 2.46. The molecule has 0 bridgehead atoms. The van der Waals surface area contributed by atoms with E-state index in [2.05, 4.69) is 25.5 Å². The highest BCUT2D eigenvalue weighted by Gasteiger charge is 2.03. The largest absolute Gasteiger partial charge is 0.478 e. The van der Waals surface area contributed by atoms with Crippen molar-refractivity contribution in [1.82, 2.24) is 4.90 Å². The molecule has 0 amide bonds. The summed E-state index contributed by atoms with van der Waals surface area (Å²) in [4.78, 5) is 12.8. The average Bonchev–Trinajstić information content (AvgIpc) is 2.20. The second-order valence-electron chi connectivity index (χ2n) is 4.02. The van der Waals surface area contributed by atoms with Crippen molar-refractivity contribution in [3.05, 3.63) is 12.2 Å². The Morgan fingerprint density at radius 3 is 2.40 bits per heavy atom. The molecule has 0 aromatic heterocycles. The maximum Gasteiger partial charge on any atom is 0.330 e. The first-order chi connectivity index (χ1) is 7.07. The summed E-state index contributed by atoms with van der Waals surface area (Å²) < 4.78 is 0. The molecule has 3 nitrogen and oxygen atoms in total. The second kappa shape index (κ2) is 8.48. The number of carboxylic acid groups (broad SMARTS) is 1. The number of carboxylic acids is 1. The van der Waals surface area contributed by atoms with E-state index in [9.17, 15) is 4.79 Å². The predicted octanol–water partition coefficient (Wildman–Crippen LogP) is 2.53. The van der Waals surface area contributed by atoms with Gasteiger partial charge in [-0.3, -0.25) is 0 Å². The van der Waals surface area contributed by atoms with Crippen LogP contribution in [0.2, 0.25) is 0 Å². The van der Waals surface area contributed by atoms with Crippen LogP contribution < -0.4 is 0 Å². The molecule has 0 aromatic carbocycles. The van der Waals surface area contributed by atoms with E-state index in [1.54, 1.807) is 0 Å². The molecule has 0 aliphatic heterocycles. The fourth-order valence-corrected chi connectivity index (χ4v) is 1.37. The smallest absolute Gasteiger partial charge is 0.330 e. The molecule has 0 aliphatic carbocycles. The highest BCUT2D eigenvalue weighted by molar-refractivity contribution is 5.85. The fraction of sp³-hybridized carbons (Fsp3) is 0.750. The van der Waals surface area contributed by atoms with E-state index in [0.717, 1.165) is 25.9 Å². The van der Waals surface area contributed by atoms with E-state index in [0.29, 0.717) is 12.0 Å². The molecule has 0 fully saturated rings. The number of aliphatic carboxylic acids is 1. The Labute approximate surface area is 92.8 Å². The molecular formula is C12H23NO2. The van der Waals surface area contributed by atoms with Crippen molar-refractivity contribution < 1.29 is 9.90 Å². The van der Waals surface area contributed by atoms with Crippen LogP contribution in [0.1, 0.15) is 39.0 Å². The van der Waals surface area contributed by atoms with Gasteiger partial charge in [-0.2, -0.15) is 0 Å². The van der Waals surface area contributed by atoms with Gasteiger partial charge < -0.3 is 10.0 Å². The summed E-state index contributed by atoms with van der Waals surface area (Å²) in [6.45, 7) is 7.88. The summed E-state index contributed by atoms with van der Waals surface area (Å²) in [7, 11) is 2.11. The van der Waals surface area contributed by atoms with Crippen molar-refractivity contribution >= 4 is 5.97 Å². The lowest BCUT2D eigenvalue weighted by Crippen LogP contribution is -2.20. The minimum Gasteiger partial charge on any atom is -0.478 e.